The first-order chi connectivity index (χ1) is 13.5. The van der Waals surface area contributed by atoms with Gasteiger partial charge in [0.25, 0.3) is 0 Å². The summed E-state index contributed by atoms with van der Waals surface area (Å²) in [5.41, 5.74) is 1.89. The number of aliphatic imine (C=N–C) groups is 1. The minimum atomic E-state index is -0.261. The molecule has 1 aromatic carbocycles. The van der Waals surface area contributed by atoms with E-state index in [9.17, 15) is 4.39 Å². The molecule has 1 saturated heterocycles. The molecule has 0 bridgehead atoms. The zero-order valence-electron chi connectivity index (χ0n) is 16.8. The van der Waals surface area contributed by atoms with E-state index in [2.05, 4.69) is 53.6 Å². The van der Waals surface area contributed by atoms with Crippen LogP contribution in [0.5, 0.6) is 0 Å². The number of aromatic nitrogens is 1. The van der Waals surface area contributed by atoms with E-state index in [1.54, 1.807) is 6.07 Å². The van der Waals surface area contributed by atoms with Crippen LogP contribution in [0, 0.1) is 12.7 Å². The monoisotopic (exact) mass is 575 g/mol. The number of benzene rings is 1. The molecule has 0 aliphatic carbocycles. The first-order valence-corrected chi connectivity index (χ1v) is 10.5. The smallest absolute Gasteiger partial charge is 0.191 e. The van der Waals surface area contributed by atoms with Crippen molar-refractivity contribution >= 4 is 51.7 Å². The van der Waals surface area contributed by atoms with Crippen LogP contribution >= 0.6 is 39.9 Å². The summed E-state index contributed by atoms with van der Waals surface area (Å²) in [5, 5.41) is 6.81. The minimum Gasteiger partial charge on any atom is -0.357 e. The van der Waals surface area contributed by atoms with E-state index in [-0.39, 0.29) is 29.8 Å². The van der Waals surface area contributed by atoms with Gasteiger partial charge in [0.2, 0.25) is 0 Å². The molecule has 5 nitrogen and oxygen atoms in total. The number of piperidine rings is 1. The number of guanidine groups is 1. The fraction of sp³-hybridized carbons (Fsp3) is 0.429. The lowest BCUT2D eigenvalue weighted by atomic mass is 10.1. The number of hydrogen-bond donors (Lipinski definition) is 2. The largest absolute Gasteiger partial charge is 0.357 e. The van der Waals surface area contributed by atoms with E-state index in [1.165, 1.54) is 6.07 Å². The van der Waals surface area contributed by atoms with Gasteiger partial charge in [0.15, 0.2) is 5.96 Å². The molecule has 1 aliphatic rings. The van der Waals surface area contributed by atoms with Crippen LogP contribution in [0.1, 0.15) is 31.0 Å². The molecule has 2 N–H and O–H groups in total. The third kappa shape index (κ3) is 7.09. The van der Waals surface area contributed by atoms with Crippen molar-refractivity contribution < 1.29 is 4.39 Å². The third-order valence-corrected chi connectivity index (χ3v) is 5.42. The first kappa shape index (κ1) is 23.9. The van der Waals surface area contributed by atoms with Gasteiger partial charge in [-0.25, -0.2) is 14.4 Å². The molecule has 0 atom stereocenters. The van der Waals surface area contributed by atoms with Crippen molar-refractivity contribution in [2.45, 2.75) is 39.3 Å². The Balaban J connectivity index is 0.00000300. The summed E-state index contributed by atoms with van der Waals surface area (Å²) in [5.74, 6) is 1.57. The van der Waals surface area contributed by atoms with E-state index in [4.69, 9.17) is 0 Å². The van der Waals surface area contributed by atoms with Crippen LogP contribution in [0.4, 0.5) is 10.2 Å². The summed E-state index contributed by atoms with van der Waals surface area (Å²) >= 11 is 3.18. The summed E-state index contributed by atoms with van der Waals surface area (Å²) < 4.78 is 14.2. The summed E-state index contributed by atoms with van der Waals surface area (Å²) in [7, 11) is 0. The van der Waals surface area contributed by atoms with Crippen molar-refractivity contribution in [3.63, 3.8) is 0 Å². The molecule has 1 aromatic heterocycles. The van der Waals surface area contributed by atoms with Crippen molar-refractivity contribution in [3.05, 3.63) is 57.9 Å². The van der Waals surface area contributed by atoms with E-state index < -0.39 is 0 Å². The van der Waals surface area contributed by atoms with Crippen LogP contribution < -0.4 is 15.5 Å². The highest BCUT2D eigenvalue weighted by Crippen LogP contribution is 2.19. The summed E-state index contributed by atoms with van der Waals surface area (Å²) in [6, 6.07) is 11.6. The number of rotatable bonds is 5. The van der Waals surface area contributed by atoms with Gasteiger partial charge in [-0.2, -0.15) is 0 Å². The van der Waals surface area contributed by atoms with Gasteiger partial charge in [0.1, 0.15) is 11.6 Å². The molecule has 0 unspecified atom stereocenters. The Morgan fingerprint density at radius 1 is 1.28 bits per heavy atom. The lowest BCUT2D eigenvalue weighted by Gasteiger charge is -2.34. The Kier molecular flexibility index (Phi) is 9.61. The van der Waals surface area contributed by atoms with Crippen LogP contribution in [-0.4, -0.2) is 36.6 Å². The highest BCUT2D eigenvalue weighted by molar-refractivity contribution is 14.0. The zero-order chi connectivity index (χ0) is 19.9. The predicted molar refractivity (Wildman–Crippen MR) is 132 cm³/mol. The fourth-order valence-corrected chi connectivity index (χ4v) is 3.53. The molecule has 2 aromatic rings. The summed E-state index contributed by atoms with van der Waals surface area (Å²) in [6.45, 7) is 7.21. The standard InChI is InChI=1S/C21H27BrFN5.HI/c1-3-24-21(25-14-16-7-8-18(22)19(23)13-16)27-17-9-11-28(12-10-17)20-6-4-5-15(2)26-20;/h4-8,13,17H,3,9-12,14H2,1-2H3,(H2,24,25,27);1H. The highest BCUT2D eigenvalue weighted by atomic mass is 127. The van der Waals surface area contributed by atoms with Gasteiger partial charge < -0.3 is 15.5 Å². The Labute approximate surface area is 197 Å². The maximum absolute atomic E-state index is 13.7. The number of pyridine rings is 1. The lowest BCUT2D eigenvalue weighted by Crippen LogP contribution is -2.48. The number of nitrogens with zero attached hydrogens (tertiary/aromatic N) is 3. The summed E-state index contributed by atoms with van der Waals surface area (Å²) in [6.07, 6.45) is 2.04. The van der Waals surface area contributed by atoms with Crippen LogP contribution in [0.3, 0.4) is 0 Å². The van der Waals surface area contributed by atoms with Crippen LogP contribution in [-0.2, 0) is 6.54 Å². The second kappa shape index (κ2) is 11.7. The average molecular weight is 576 g/mol. The molecule has 0 saturated carbocycles. The van der Waals surface area contributed by atoms with Gasteiger partial charge in [-0.05, 0) is 72.4 Å². The van der Waals surface area contributed by atoms with Crippen LogP contribution in [0.25, 0.3) is 0 Å². The van der Waals surface area contributed by atoms with Gasteiger partial charge >= 0.3 is 0 Å². The van der Waals surface area contributed by atoms with Crippen LogP contribution in [0.2, 0.25) is 0 Å². The second-order valence-corrected chi connectivity index (χ2v) is 7.84. The van der Waals surface area contributed by atoms with Crippen molar-refractivity contribution in [1.29, 1.82) is 0 Å². The number of hydrogen-bond acceptors (Lipinski definition) is 3. The maximum atomic E-state index is 13.7. The van der Waals surface area contributed by atoms with E-state index in [0.29, 0.717) is 17.1 Å². The quantitative estimate of drug-likeness (QED) is 0.310. The Bertz CT molecular complexity index is 824. The maximum Gasteiger partial charge on any atom is 0.191 e. The fourth-order valence-electron chi connectivity index (χ4n) is 3.28. The highest BCUT2D eigenvalue weighted by Gasteiger charge is 2.21. The molecule has 0 amide bonds. The molecule has 0 spiro atoms. The van der Waals surface area contributed by atoms with Crippen LogP contribution in [0.15, 0.2) is 45.9 Å². The second-order valence-electron chi connectivity index (χ2n) is 6.99. The third-order valence-electron chi connectivity index (χ3n) is 4.78. The first-order valence-electron chi connectivity index (χ1n) is 9.72. The van der Waals surface area contributed by atoms with Gasteiger partial charge in [-0.1, -0.05) is 12.1 Å². The minimum absolute atomic E-state index is 0. The van der Waals surface area contributed by atoms with E-state index in [0.717, 1.165) is 55.5 Å². The molecule has 1 fully saturated rings. The molecule has 3 rings (SSSR count). The molecular weight excluding hydrogens is 548 g/mol. The van der Waals surface area contributed by atoms with Crippen molar-refractivity contribution in [1.82, 2.24) is 15.6 Å². The van der Waals surface area contributed by atoms with E-state index in [1.807, 2.05) is 26.0 Å². The number of anilines is 1. The zero-order valence-corrected chi connectivity index (χ0v) is 20.7. The van der Waals surface area contributed by atoms with Gasteiger partial charge in [0.05, 0.1) is 11.0 Å². The lowest BCUT2D eigenvalue weighted by molar-refractivity contribution is 0.459. The predicted octanol–water partition coefficient (Wildman–Crippen LogP) is 4.63. The Morgan fingerprint density at radius 2 is 2.03 bits per heavy atom. The van der Waals surface area contributed by atoms with Gasteiger partial charge in [-0.3, -0.25) is 0 Å². The topological polar surface area (TPSA) is 52.6 Å². The Hall–Kier alpha value is -1.42. The number of halogens is 3. The molecule has 158 valence electrons. The SMILES string of the molecule is CCNC(=NCc1ccc(Br)c(F)c1)NC1CCN(c2cccc(C)n2)CC1.I. The van der Waals surface area contributed by atoms with Gasteiger partial charge in [0, 0.05) is 31.4 Å². The molecule has 8 heteroatoms. The molecule has 2 heterocycles. The normalized spacial score (nSPS) is 15.0. The summed E-state index contributed by atoms with van der Waals surface area (Å²) in [4.78, 5) is 11.6. The van der Waals surface area contributed by atoms with Gasteiger partial charge in [-0.15, -0.1) is 24.0 Å². The molecule has 1 aliphatic heterocycles. The average Bonchev–Trinajstić information content (AvgIpc) is 2.69. The number of nitrogens with one attached hydrogen (secondary N) is 2. The van der Waals surface area contributed by atoms with E-state index >= 15 is 0 Å². The molecular formula is C21H28BrFIN5. The Morgan fingerprint density at radius 3 is 2.69 bits per heavy atom. The van der Waals surface area contributed by atoms with Crippen molar-refractivity contribution in [3.8, 4) is 0 Å². The van der Waals surface area contributed by atoms with Crippen molar-refractivity contribution in [2.75, 3.05) is 24.5 Å². The molecule has 29 heavy (non-hydrogen) atoms. The number of aryl methyl sites for hydroxylation is 1. The van der Waals surface area contributed by atoms with Crippen molar-refractivity contribution in [2.24, 2.45) is 4.99 Å². The molecule has 0 radical (unpaired) electrons.